The number of rotatable bonds is 7. The molecule has 1 saturated heterocycles. The SMILES string of the molecule is COc1ccc(S(=O)(=O)N2CCCCC2)cc1NC(=O)c1nn(CC(C)C)c(=O)c2ccccc12. The van der Waals surface area contributed by atoms with E-state index >= 15 is 0 Å². The van der Waals surface area contributed by atoms with Gasteiger partial charge in [0, 0.05) is 25.0 Å². The molecule has 9 nitrogen and oxygen atoms in total. The highest BCUT2D eigenvalue weighted by Gasteiger charge is 2.27. The molecule has 1 amide bonds. The Morgan fingerprint density at radius 2 is 1.77 bits per heavy atom. The van der Waals surface area contributed by atoms with E-state index in [1.165, 1.54) is 34.3 Å². The first kappa shape index (κ1) is 24.9. The van der Waals surface area contributed by atoms with E-state index in [0.717, 1.165) is 19.3 Å². The summed E-state index contributed by atoms with van der Waals surface area (Å²) < 4.78 is 34.5. The lowest BCUT2D eigenvalue weighted by molar-refractivity contribution is 0.102. The molecule has 1 fully saturated rings. The van der Waals surface area contributed by atoms with Crippen LogP contribution in [0.1, 0.15) is 43.6 Å². The van der Waals surface area contributed by atoms with Gasteiger partial charge in [-0.15, -0.1) is 0 Å². The molecule has 0 saturated carbocycles. The Hall–Kier alpha value is -3.24. The summed E-state index contributed by atoms with van der Waals surface area (Å²) >= 11 is 0. The topological polar surface area (TPSA) is 111 Å². The second kappa shape index (κ2) is 10.2. The van der Waals surface area contributed by atoms with Crippen LogP contribution in [0, 0.1) is 5.92 Å². The van der Waals surface area contributed by atoms with Gasteiger partial charge >= 0.3 is 0 Å². The maximum atomic E-state index is 13.4. The lowest BCUT2D eigenvalue weighted by Crippen LogP contribution is -2.35. The van der Waals surface area contributed by atoms with Crippen LogP contribution in [0.15, 0.2) is 52.2 Å². The molecule has 0 unspecified atom stereocenters. The fourth-order valence-electron chi connectivity index (χ4n) is 4.25. The molecule has 0 radical (unpaired) electrons. The number of nitrogens with zero attached hydrogens (tertiary/aromatic N) is 3. The summed E-state index contributed by atoms with van der Waals surface area (Å²) in [6, 6.07) is 11.2. The van der Waals surface area contributed by atoms with Gasteiger partial charge in [0.15, 0.2) is 5.69 Å². The van der Waals surface area contributed by atoms with Gasteiger partial charge in [-0.2, -0.15) is 9.40 Å². The van der Waals surface area contributed by atoms with E-state index in [2.05, 4.69) is 10.4 Å². The molecule has 2 aromatic carbocycles. The van der Waals surface area contributed by atoms with Gasteiger partial charge in [-0.3, -0.25) is 9.59 Å². The van der Waals surface area contributed by atoms with Gasteiger partial charge in [-0.1, -0.05) is 38.5 Å². The van der Waals surface area contributed by atoms with Crippen LogP contribution in [-0.4, -0.2) is 48.6 Å². The van der Waals surface area contributed by atoms with Gasteiger partial charge in [0.1, 0.15) is 5.75 Å². The standard InChI is InChI=1S/C25H30N4O5S/c1-17(2)16-29-25(31)20-10-6-5-9-19(20)23(27-29)24(30)26-21-15-18(11-12-22(21)34-3)35(32,33)28-13-7-4-8-14-28/h5-6,9-12,15,17H,4,7-8,13-14,16H2,1-3H3,(H,26,30). The van der Waals surface area contributed by atoms with Crippen molar-refractivity contribution in [3.05, 3.63) is 58.5 Å². The summed E-state index contributed by atoms with van der Waals surface area (Å²) in [5.41, 5.74) is 0.0216. The first-order valence-electron chi connectivity index (χ1n) is 11.7. The molecule has 0 aliphatic carbocycles. The van der Waals surface area contributed by atoms with Gasteiger partial charge < -0.3 is 10.1 Å². The van der Waals surface area contributed by atoms with Crippen LogP contribution >= 0.6 is 0 Å². The number of fused-ring (bicyclic) bond motifs is 1. The van der Waals surface area contributed by atoms with Crippen LogP contribution < -0.4 is 15.6 Å². The molecule has 2 heterocycles. The van der Waals surface area contributed by atoms with Crippen LogP contribution in [-0.2, 0) is 16.6 Å². The quantitative estimate of drug-likeness (QED) is 0.534. The van der Waals surface area contributed by atoms with Gasteiger partial charge in [-0.25, -0.2) is 13.1 Å². The molecule has 4 rings (SSSR count). The van der Waals surface area contributed by atoms with E-state index in [1.807, 2.05) is 13.8 Å². The number of aromatic nitrogens is 2. The molecule has 1 aliphatic rings. The number of nitrogens with one attached hydrogen (secondary N) is 1. The molecule has 35 heavy (non-hydrogen) atoms. The molecule has 10 heteroatoms. The van der Waals surface area contributed by atoms with Crippen molar-refractivity contribution in [3.63, 3.8) is 0 Å². The Morgan fingerprint density at radius 1 is 1.09 bits per heavy atom. The summed E-state index contributed by atoms with van der Waals surface area (Å²) in [6.07, 6.45) is 2.66. The fraction of sp³-hybridized carbons (Fsp3) is 0.400. The first-order valence-corrected chi connectivity index (χ1v) is 13.2. The molecule has 0 spiro atoms. The van der Waals surface area contributed by atoms with E-state index in [-0.39, 0.29) is 27.8 Å². The minimum absolute atomic E-state index is 0.0761. The highest BCUT2D eigenvalue weighted by atomic mass is 32.2. The molecule has 0 atom stereocenters. The van der Waals surface area contributed by atoms with Gasteiger partial charge in [0.25, 0.3) is 11.5 Å². The highest BCUT2D eigenvalue weighted by molar-refractivity contribution is 7.89. The molecule has 1 aromatic heterocycles. The van der Waals surface area contributed by atoms with Crippen molar-refractivity contribution >= 4 is 32.4 Å². The van der Waals surface area contributed by atoms with Crippen molar-refractivity contribution < 1.29 is 17.9 Å². The fourth-order valence-corrected chi connectivity index (χ4v) is 5.80. The predicted molar refractivity (Wildman–Crippen MR) is 134 cm³/mol. The lowest BCUT2D eigenvalue weighted by Gasteiger charge is -2.26. The number of methoxy groups -OCH3 is 1. The summed E-state index contributed by atoms with van der Waals surface area (Å²) in [4.78, 5) is 26.4. The zero-order valence-corrected chi connectivity index (χ0v) is 21.0. The molecular weight excluding hydrogens is 468 g/mol. The molecule has 0 bridgehead atoms. The van der Waals surface area contributed by atoms with Gasteiger partial charge in [0.2, 0.25) is 10.0 Å². The Bertz CT molecular complexity index is 1410. The molecular formula is C25H30N4O5S. The number of hydrogen-bond donors (Lipinski definition) is 1. The number of piperidine rings is 1. The maximum Gasteiger partial charge on any atom is 0.276 e. The summed E-state index contributed by atoms with van der Waals surface area (Å²) in [7, 11) is -2.26. The number of hydrogen-bond acceptors (Lipinski definition) is 6. The van der Waals surface area contributed by atoms with E-state index in [4.69, 9.17) is 4.74 Å². The largest absolute Gasteiger partial charge is 0.495 e. The minimum atomic E-state index is -3.71. The molecule has 186 valence electrons. The van der Waals surface area contributed by atoms with Crippen molar-refractivity contribution in [1.29, 1.82) is 0 Å². The molecule has 3 aromatic rings. The maximum absolute atomic E-state index is 13.4. The Labute approximate surface area is 204 Å². The summed E-state index contributed by atoms with van der Waals surface area (Å²) in [6.45, 7) is 5.23. The summed E-state index contributed by atoms with van der Waals surface area (Å²) in [5.74, 6) is -0.102. The van der Waals surface area contributed by atoms with Gasteiger partial charge in [0.05, 0.1) is 23.1 Å². The normalized spacial score (nSPS) is 14.9. The average Bonchev–Trinajstić information content (AvgIpc) is 2.86. The van der Waals surface area contributed by atoms with Crippen molar-refractivity contribution in [2.45, 2.75) is 44.6 Å². The number of carbonyl (C=O) groups excluding carboxylic acids is 1. The average molecular weight is 499 g/mol. The second-order valence-electron chi connectivity index (χ2n) is 9.06. The third-order valence-electron chi connectivity index (χ3n) is 5.99. The van der Waals surface area contributed by atoms with Crippen molar-refractivity contribution in [3.8, 4) is 5.75 Å². The lowest BCUT2D eigenvalue weighted by atomic mass is 10.1. The molecule has 1 aliphatic heterocycles. The van der Waals surface area contributed by atoms with Crippen LogP contribution in [0.4, 0.5) is 5.69 Å². The van der Waals surface area contributed by atoms with E-state index < -0.39 is 15.9 Å². The second-order valence-corrected chi connectivity index (χ2v) is 11.0. The first-order chi connectivity index (χ1) is 16.7. The van der Waals surface area contributed by atoms with E-state index in [9.17, 15) is 18.0 Å². The zero-order valence-electron chi connectivity index (χ0n) is 20.2. The smallest absolute Gasteiger partial charge is 0.276 e. The Morgan fingerprint density at radius 3 is 2.43 bits per heavy atom. The number of amides is 1. The molecule has 1 N–H and O–H groups in total. The zero-order chi connectivity index (χ0) is 25.2. The summed E-state index contributed by atoms with van der Waals surface area (Å²) in [5, 5.41) is 7.93. The third kappa shape index (κ3) is 5.08. The monoisotopic (exact) mass is 498 g/mol. The van der Waals surface area contributed by atoms with Crippen LogP contribution in [0.2, 0.25) is 0 Å². The van der Waals surface area contributed by atoms with Crippen LogP contribution in [0.3, 0.4) is 0 Å². The third-order valence-corrected chi connectivity index (χ3v) is 7.89. The van der Waals surface area contributed by atoms with Gasteiger partial charge in [-0.05, 0) is 43.0 Å². The van der Waals surface area contributed by atoms with Crippen LogP contribution in [0.25, 0.3) is 10.8 Å². The predicted octanol–water partition coefficient (Wildman–Crippen LogP) is 3.49. The Kier molecular flexibility index (Phi) is 7.23. The number of carbonyl (C=O) groups is 1. The number of sulfonamides is 1. The highest BCUT2D eigenvalue weighted by Crippen LogP contribution is 2.30. The van der Waals surface area contributed by atoms with E-state index in [0.29, 0.717) is 36.2 Å². The number of benzene rings is 2. The van der Waals surface area contributed by atoms with Crippen molar-refractivity contribution in [1.82, 2.24) is 14.1 Å². The van der Waals surface area contributed by atoms with Crippen LogP contribution in [0.5, 0.6) is 5.75 Å². The van der Waals surface area contributed by atoms with Crippen molar-refractivity contribution in [2.24, 2.45) is 5.92 Å². The minimum Gasteiger partial charge on any atom is -0.495 e. The van der Waals surface area contributed by atoms with E-state index in [1.54, 1.807) is 24.3 Å². The number of anilines is 1. The number of ether oxygens (including phenoxy) is 1. The van der Waals surface area contributed by atoms with Crippen molar-refractivity contribution in [2.75, 3.05) is 25.5 Å². The Balaban J connectivity index is 1.74.